The fourth-order valence-corrected chi connectivity index (χ4v) is 2.71. The Morgan fingerprint density at radius 3 is 2.57 bits per heavy atom. The number of nitrogens with zero attached hydrogens (tertiary/aromatic N) is 2. The quantitative estimate of drug-likeness (QED) is 0.628. The molecule has 0 radical (unpaired) electrons. The molecule has 0 saturated carbocycles. The molecule has 1 fully saturated rings. The van der Waals surface area contributed by atoms with Crippen LogP contribution in [0.4, 0.5) is 5.69 Å². The Labute approximate surface area is 124 Å². The third kappa shape index (κ3) is 2.58. The Kier molecular flexibility index (Phi) is 3.91. The number of carbonyl (C=O) groups is 2. The molecule has 1 aliphatic rings. The summed E-state index contributed by atoms with van der Waals surface area (Å²) in [5.74, 6) is 5.20. The Hall–Kier alpha value is -2.08. The van der Waals surface area contributed by atoms with Gasteiger partial charge in [-0.15, -0.1) is 0 Å². The number of likely N-dealkylation sites (N-methyl/N-ethyl adjacent to an activating group) is 1. The zero-order valence-corrected chi connectivity index (χ0v) is 12.9. The first-order chi connectivity index (χ1) is 9.78. The van der Waals surface area contributed by atoms with Gasteiger partial charge in [0.15, 0.2) is 0 Å². The molecule has 21 heavy (non-hydrogen) atoms. The maximum atomic E-state index is 12.8. The summed E-state index contributed by atoms with van der Waals surface area (Å²) in [6.07, 6.45) is 0. The van der Waals surface area contributed by atoms with Crippen molar-refractivity contribution in [3.63, 3.8) is 0 Å². The van der Waals surface area contributed by atoms with E-state index in [2.05, 4.69) is 5.43 Å². The van der Waals surface area contributed by atoms with E-state index in [9.17, 15) is 9.59 Å². The van der Waals surface area contributed by atoms with Gasteiger partial charge in [-0.2, -0.15) is 0 Å². The van der Waals surface area contributed by atoms with Gasteiger partial charge >= 0.3 is 0 Å². The van der Waals surface area contributed by atoms with Gasteiger partial charge in [-0.25, -0.2) is 0 Å². The Bertz CT molecular complexity index is 583. The predicted octanol–water partition coefficient (Wildman–Crippen LogP) is 0.973. The highest BCUT2D eigenvalue weighted by Gasteiger charge is 2.43. The fourth-order valence-electron chi connectivity index (χ4n) is 2.71. The van der Waals surface area contributed by atoms with Crippen molar-refractivity contribution in [3.05, 3.63) is 29.3 Å². The lowest BCUT2D eigenvalue weighted by Crippen LogP contribution is -2.63. The average Bonchev–Trinajstić information content (AvgIpc) is 2.44. The van der Waals surface area contributed by atoms with Crippen LogP contribution in [-0.4, -0.2) is 47.3 Å². The molecule has 3 N–H and O–H groups in total. The molecular weight excluding hydrogens is 268 g/mol. The number of aryl methyl sites for hydroxylation is 1. The summed E-state index contributed by atoms with van der Waals surface area (Å²) in [7, 11) is 1.76. The van der Waals surface area contributed by atoms with Crippen LogP contribution in [0.1, 0.15) is 29.8 Å². The molecule has 1 heterocycles. The van der Waals surface area contributed by atoms with Gasteiger partial charge < -0.3 is 15.2 Å². The lowest BCUT2D eigenvalue weighted by atomic mass is 9.95. The van der Waals surface area contributed by atoms with Crippen molar-refractivity contribution in [2.24, 2.45) is 5.84 Å². The second-order valence-corrected chi connectivity index (χ2v) is 5.92. The molecule has 2 rings (SSSR count). The summed E-state index contributed by atoms with van der Waals surface area (Å²) >= 11 is 0. The third-order valence-electron chi connectivity index (χ3n) is 4.07. The van der Waals surface area contributed by atoms with Crippen molar-refractivity contribution < 1.29 is 9.59 Å². The van der Waals surface area contributed by atoms with Gasteiger partial charge in [0.25, 0.3) is 5.91 Å². The number of amides is 2. The topological polar surface area (TPSA) is 78.7 Å². The zero-order chi connectivity index (χ0) is 15.8. The lowest BCUT2D eigenvalue weighted by Gasteiger charge is -2.44. The molecule has 0 aromatic heterocycles. The molecule has 1 aromatic carbocycles. The molecule has 1 aliphatic heterocycles. The van der Waals surface area contributed by atoms with Gasteiger partial charge in [0.2, 0.25) is 5.91 Å². The summed E-state index contributed by atoms with van der Waals surface area (Å²) in [4.78, 5) is 28.4. The largest absolute Gasteiger partial charge is 0.342 e. The molecule has 0 atom stereocenters. The minimum Gasteiger partial charge on any atom is -0.342 e. The van der Waals surface area contributed by atoms with E-state index in [-0.39, 0.29) is 11.8 Å². The monoisotopic (exact) mass is 290 g/mol. The van der Waals surface area contributed by atoms with E-state index < -0.39 is 5.54 Å². The molecular formula is C15H22N4O2. The van der Waals surface area contributed by atoms with Crippen LogP contribution in [0.25, 0.3) is 0 Å². The Balaban J connectivity index is 2.34. The molecule has 0 aliphatic carbocycles. The number of rotatable bonds is 2. The van der Waals surface area contributed by atoms with Crippen LogP contribution in [0, 0.1) is 6.92 Å². The van der Waals surface area contributed by atoms with Crippen LogP contribution in [0.5, 0.6) is 0 Å². The summed E-state index contributed by atoms with van der Waals surface area (Å²) in [5, 5.41) is 0. The second-order valence-electron chi connectivity index (χ2n) is 5.92. The molecule has 6 nitrogen and oxygen atoms in total. The smallest absolute Gasteiger partial charge is 0.255 e. The highest BCUT2D eigenvalue weighted by atomic mass is 16.2. The Morgan fingerprint density at radius 2 is 2.00 bits per heavy atom. The SMILES string of the molecule is Cc1cc(NN)ccc1C(=O)N1CCN(C)C(=O)C1(C)C. The number of piperazine rings is 1. The van der Waals surface area contributed by atoms with Gasteiger partial charge in [-0.05, 0) is 44.5 Å². The van der Waals surface area contributed by atoms with E-state index in [1.807, 2.05) is 13.0 Å². The van der Waals surface area contributed by atoms with Gasteiger partial charge in [0.05, 0.1) is 0 Å². The van der Waals surface area contributed by atoms with Gasteiger partial charge in [0, 0.05) is 31.4 Å². The van der Waals surface area contributed by atoms with E-state index in [1.54, 1.807) is 42.8 Å². The van der Waals surface area contributed by atoms with Crippen LogP contribution >= 0.6 is 0 Å². The van der Waals surface area contributed by atoms with Crippen molar-refractivity contribution in [3.8, 4) is 0 Å². The first kappa shape index (κ1) is 15.3. The third-order valence-corrected chi connectivity index (χ3v) is 4.07. The second kappa shape index (κ2) is 5.37. The predicted molar refractivity (Wildman–Crippen MR) is 81.7 cm³/mol. The standard InChI is InChI=1S/C15H22N4O2/c1-10-9-11(17-16)5-6-12(10)13(20)19-8-7-18(4)14(21)15(19,2)3/h5-6,9,17H,7-8,16H2,1-4H3. The number of hydrazine groups is 1. The van der Waals surface area contributed by atoms with E-state index in [0.717, 1.165) is 11.3 Å². The van der Waals surface area contributed by atoms with Crippen LogP contribution in [0.2, 0.25) is 0 Å². The number of carbonyl (C=O) groups excluding carboxylic acids is 2. The number of nitrogen functional groups attached to an aromatic ring is 1. The summed E-state index contributed by atoms with van der Waals surface area (Å²) in [6.45, 7) is 6.51. The lowest BCUT2D eigenvalue weighted by molar-refractivity contribution is -0.144. The van der Waals surface area contributed by atoms with E-state index >= 15 is 0 Å². The minimum atomic E-state index is -0.832. The summed E-state index contributed by atoms with van der Waals surface area (Å²) in [5.41, 5.74) is 3.90. The first-order valence-corrected chi connectivity index (χ1v) is 6.94. The van der Waals surface area contributed by atoms with Gasteiger partial charge in [-0.1, -0.05) is 0 Å². The molecule has 0 spiro atoms. The van der Waals surface area contributed by atoms with Crippen molar-refractivity contribution in [1.82, 2.24) is 9.80 Å². The number of benzene rings is 1. The molecule has 2 amide bonds. The minimum absolute atomic E-state index is 0.0417. The molecule has 6 heteroatoms. The Morgan fingerprint density at radius 1 is 1.33 bits per heavy atom. The summed E-state index contributed by atoms with van der Waals surface area (Å²) in [6, 6.07) is 5.31. The first-order valence-electron chi connectivity index (χ1n) is 6.94. The summed E-state index contributed by atoms with van der Waals surface area (Å²) < 4.78 is 0. The number of nitrogens with one attached hydrogen (secondary N) is 1. The normalized spacial score (nSPS) is 17.9. The number of anilines is 1. The number of hydrogen-bond donors (Lipinski definition) is 2. The maximum Gasteiger partial charge on any atom is 0.255 e. The van der Waals surface area contributed by atoms with E-state index in [4.69, 9.17) is 5.84 Å². The van der Waals surface area contributed by atoms with Crippen molar-refractivity contribution in [1.29, 1.82) is 0 Å². The van der Waals surface area contributed by atoms with Crippen LogP contribution in [0.15, 0.2) is 18.2 Å². The van der Waals surface area contributed by atoms with Crippen LogP contribution in [-0.2, 0) is 4.79 Å². The molecule has 0 bridgehead atoms. The highest BCUT2D eigenvalue weighted by Crippen LogP contribution is 2.25. The van der Waals surface area contributed by atoms with Gasteiger partial charge in [0.1, 0.15) is 5.54 Å². The van der Waals surface area contributed by atoms with E-state index in [1.165, 1.54) is 0 Å². The molecule has 114 valence electrons. The fraction of sp³-hybridized carbons (Fsp3) is 0.467. The average molecular weight is 290 g/mol. The molecule has 1 aromatic rings. The van der Waals surface area contributed by atoms with Crippen LogP contribution < -0.4 is 11.3 Å². The van der Waals surface area contributed by atoms with Crippen molar-refractivity contribution in [2.75, 3.05) is 25.6 Å². The van der Waals surface area contributed by atoms with Gasteiger partial charge in [-0.3, -0.25) is 15.4 Å². The highest BCUT2D eigenvalue weighted by molar-refractivity contribution is 6.00. The van der Waals surface area contributed by atoms with Crippen molar-refractivity contribution in [2.45, 2.75) is 26.3 Å². The van der Waals surface area contributed by atoms with E-state index in [0.29, 0.717) is 18.7 Å². The number of hydrogen-bond acceptors (Lipinski definition) is 4. The zero-order valence-electron chi connectivity index (χ0n) is 12.9. The molecule has 0 unspecified atom stereocenters. The number of nitrogens with two attached hydrogens (primary N) is 1. The molecule has 1 saturated heterocycles. The maximum absolute atomic E-state index is 12.8. The van der Waals surface area contributed by atoms with Crippen molar-refractivity contribution >= 4 is 17.5 Å². The van der Waals surface area contributed by atoms with Crippen LogP contribution in [0.3, 0.4) is 0 Å².